The summed E-state index contributed by atoms with van der Waals surface area (Å²) in [4.78, 5) is 31.1. The molecule has 2 aliphatic carbocycles. The van der Waals surface area contributed by atoms with Crippen LogP contribution in [0.1, 0.15) is 50.4 Å². The maximum atomic E-state index is 13.4. The number of fused-ring (bicyclic) bond motifs is 2. The minimum absolute atomic E-state index is 0.00310. The Balaban J connectivity index is 1.58. The van der Waals surface area contributed by atoms with Crippen molar-refractivity contribution in [1.82, 2.24) is 0 Å². The maximum Gasteiger partial charge on any atom is 0.365 e. The molecule has 2 aliphatic rings. The summed E-state index contributed by atoms with van der Waals surface area (Å²) in [5.41, 5.74) is 0.687. The van der Waals surface area contributed by atoms with E-state index in [-0.39, 0.29) is 16.7 Å². The van der Waals surface area contributed by atoms with Crippen molar-refractivity contribution in [2.75, 3.05) is 5.32 Å². The van der Waals surface area contributed by atoms with Crippen molar-refractivity contribution in [3.63, 3.8) is 0 Å². The Labute approximate surface area is 181 Å². The number of hydrogen-bond donors (Lipinski definition) is 1. The molecule has 2 aromatic carbocycles. The molecule has 30 heavy (non-hydrogen) atoms. The van der Waals surface area contributed by atoms with Gasteiger partial charge in [-0.1, -0.05) is 55.7 Å². The average molecular weight is 425 g/mol. The van der Waals surface area contributed by atoms with Crippen LogP contribution < -0.4 is 5.32 Å². The van der Waals surface area contributed by atoms with Gasteiger partial charge in [-0.15, -0.1) is 0 Å². The van der Waals surface area contributed by atoms with Gasteiger partial charge in [0.05, 0.1) is 16.7 Å². The fourth-order valence-corrected chi connectivity index (χ4v) is 5.16. The molecular weight excluding hydrogens is 400 g/mol. The van der Waals surface area contributed by atoms with E-state index < -0.39 is 11.4 Å². The number of anilines is 1. The first-order valence-corrected chi connectivity index (χ1v) is 10.5. The molecule has 6 heteroatoms. The molecule has 2 atom stereocenters. The zero-order chi connectivity index (χ0) is 21.6. The van der Waals surface area contributed by atoms with Gasteiger partial charge in [0, 0.05) is 22.5 Å². The normalized spacial score (nSPS) is 27.8. The summed E-state index contributed by atoms with van der Waals surface area (Å²) in [6.07, 6.45) is 2.07. The monoisotopic (exact) mass is 424 g/mol. The van der Waals surface area contributed by atoms with Gasteiger partial charge in [-0.3, -0.25) is 4.79 Å². The highest BCUT2D eigenvalue weighted by atomic mass is 35.5. The van der Waals surface area contributed by atoms with Gasteiger partial charge in [-0.2, -0.15) is 0 Å². The number of carbonyl (C=O) groups is 2. The van der Waals surface area contributed by atoms with Gasteiger partial charge in [-0.25, -0.2) is 4.79 Å². The molecule has 1 N–H and O–H groups in total. The van der Waals surface area contributed by atoms with Crippen molar-refractivity contribution in [3.8, 4) is 0 Å². The predicted octanol–water partition coefficient (Wildman–Crippen LogP) is 5.71. The van der Waals surface area contributed by atoms with Gasteiger partial charge in [0.25, 0.3) is 0 Å². The van der Waals surface area contributed by atoms with Crippen molar-refractivity contribution in [2.24, 2.45) is 21.4 Å². The molecule has 156 valence electrons. The smallest absolute Gasteiger partial charge is 0.326 e. The number of oxime groups is 1. The van der Waals surface area contributed by atoms with Gasteiger partial charge in [-0.05, 0) is 54.7 Å². The second kappa shape index (κ2) is 7.24. The molecule has 5 nitrogen and oxygen atoms in total. The molecule has 4 rings (SSSR count). The highest BCUT2D eigenvalue weighted by Crippen LogP contribution is 2.71. The van der Waals surface area contributed by atoms with E-state index in [1.165, 1.54) is 0 Å². The maximum absolute atomic E-state index is 13.4. The summed E-state index contributed by atoms with van der Waals surface area (Å²) in [6, 6.07) is 16.0. The van der Waals surface area contributed by atoms with Gasteiger partial charge >= 0.3 is 5.97 Å². The quantitative estimate of drug-likeness (QED) is 0.505. The van der Waals surface area contributed by atoms with Gasteiger partial charge < -0.3 is 10.2 Å². The summed E-state index contributed by atoms with van der Waals surface area (Å²) in [5.74, 6) is -0.539. The number of hydrogen-bond acceptors (Lipinski definition) is 4. The second-order valence-corrected chi connectivity index (χ2v) is 9.40. The Hall–Kier alpha value is -2.66. The van der Waals surface area contributed by atoms with Crippen LogP contribution in [0.4, 0.5) is 5.69 Å². The second-order valence-electron chi connectivity index (χ2n) is 8.96. The number of nitrogens with zero attached hydrogens (tertiary/aromatic N) is 1. The first kappa shape index (κ1) is 20.6. The minimum atomic E-state index is -0.594. The molecular formula is C24H25ClN2O3. The first-order valence-electron chi connectivity index (χ1n) is 10.1. The average Bonchev–Trinajstić information content (AvgIpc) is 3.04. The van der Waals surface area contributed by atoms with Crippen molar-refractivity contribution in [2.45, 2.75) is 40.0 Å². The lowest BCUT2D eigenvalue weighted by molar-refractivity contribution is -0.130. The number of amides is 1. The van der Waals surface area contributed by atoms with E-state index in [1.54, 1.807) is 24.3 Å². The zero-order valence-corrected chi connectivity index (χ0v) is 18.1. The number of halogens is 1. The van der Waals surface area contributed by atoms with E-state index in [0.29, 0.717) is 17.0 Å². The van der Waals surface area contributed by atoms with Crippen LogP contribution in [0, 0.1) is 16.2 Å². The summed E-state index contributed by atoms with van der Waals surface area (Å²) < 4.78 is 0. The number of benzene rings is 2. The topological polar surface area (TPSA) is 67.8 Å². The molecule has 0 spiro atoms. The third-order valence-corrected chi connectivity index (χ3v) is 7.77. The van der Waals surface area contributed by atoms with Gasteiger partial charge in [0.2, 0.25) is 5.91 Å². The van der Waals surface area contributed by atoms with E-state index in [4.69, 9.17) is 16.4 Å². The van der Waals surface area contributed by atoms with E-state index in [9.17, 15) is 9.59 Å². The van der Waals surface area contributed by atoms with Crippen LogP contribution in [0.5, 0.6) is 0 Å². The molecule has 0 aromatic heterocycles. The Bertz CT molecular complexity index is 1020. The minimum Gasteiger partial charge on any atom is -0.326 e. The lowest BCUT2D eigenvalue weighted by Crippen LogP contribution is -2.43. The van der Waals surface area contributed by atoms with Crippen LogP contribution in [0.25, 0.3) is 0 Å². The number of rotatable bonds is 4. The Morgan fingerprint density at radius 2 is 1.67 bits per heavy atom. The fourth-order valence-electron chi connectivity index (χ4n) is 5.03. The van der Waals surface area contributed by atoms with Crippen molar-refractivity contribution in [3.05, 3.63) is 65.2 Å². The third kappa shape index (κ3) is 3.03. The number of carbonyl (C=O) groups excluding carboxylic acids is 2. The van der Waals surface area contributed by atoms with Crippen LogP contribution in [-0.4, -0.2) is 17.6 Å². The molecule has 2 saturated carbocycles. The van der Waals surface area contributed by atoms with Gasteiger partial charge in [0.15, 0.2) is 0 Å². The highest BCUT2D eigenvalue weighted by molar-refractivity contribution is 6.30. The van der Waals surface area contributed by atoms with E-state index >= 15 is 0 Å². The van der Waals surface area contributed by atoms with Crippen LogP contribution in [0.2, 0.25) is 5.02 Å². The first-order chi connectivity index (χ1) is 14.2. The summed E-state index contributed by atoms with van der Waals surface area (Å²) in [5, 5.41) is 7.89. The molecule has 2 fully saturated rings. The Kier molecular flexibility index (Phi) is 4.97. The van der Waals surface area contributed by atoms with E-state index in [2.05, 4.69) is 31.2 Å². The number of nitrogens with one attached hydrogen (secondary N) is 1. The summed E-state index contributed by atoms with van der Waals surface area (Å²) in [6.45, 7) is 6.36. The standard InChI is InChI=1S/C24H25ClN2O3/c1-22(2)23(3)13-14-24(22,21(29)26-18-7-5-4-6-8-18)15-19(23)27-30-20(28)16-9-11-17(25)12-10-16/h4-12H,13-15H2,1-3H3,(H,26,29). The predicted molar refractivity (Wildman–Crippen MR) is 118 cm³/mol. The van der Waals surface area contributed by atoms with Crippen molar-refractivity contribution in [1.29, 1.82) is 0 Å². The van der Waals surface area contributed by atoms with Gasteiger partial charge in [0.1, 0.15) is 0 Å². The summed E-state index contributed by atoms with van der Waals surface area (Å²) >= 11 is 5.87. The largest absolute Gasteiger partial charge is 0.365 e. The SMILES string of the molecule is CC12CCC(C(=O)Nc3ccccc3)(CC1=NOC(=O)c1ccc(Cl)cc1)C2(C)C. The van der Waals surface area contributed by atoms with Crippen molar-refractivity contribution < 1.29 is 14.4 Å². The molecule has 2 unspecified atom stereocenters. The third-order valence-electron chi connectivity index (χ3n) is 7.52. The summed E-state index contributed by atoms with van der Waals surface area (Å²) in [7, 11) is 0. The van der Waals surface area contributed by atoms with Crippen molar-refractivity contribution >= 4 is 34.9 Å². The Morgan fingerprint density at radius 3 is 2.33 bits per heavy atom. The molecule has 0 heterocycles. The molecule has 1 amide bonds. The Morgan fingerprint density at radius 1 is 1.00 bits per heavy atom. The van der Waals surface area contributed by atoms with E-state index in [1.807, 2.05) is 30.3 Å². The molecule has 2 bridgehead atoms. The van der Waals surface area contributed by atoms with Crippen LogP contribution in [0.15, 0.2) is 59.8 Å². The molecule has 0 saturated heterocycles. The van der Waals surface area contributed by atoms with E-state index in [0.717, 1.165) is 24.2 Å². The number of para-hydroxylation sites is 1. The molecule has 2 aromatic rings. The lowest BCUT2D eigenvalue weighted by Gasteiger charge is -2.39. The molecule has 0 radical (unpaired) electrons. The highest BCUT2D eigenvalue weighted by Gasteiger charge is 2.71. The van der Waals surface area contributed by atoms with Crippen LogP contribution >= 0.6 is 11.6 Å². The van der Waals surface area contributed by atoms with Crippen LogP contribution in [-0.2, 0) is 9.63 Å². The molecule has 0 aliphatic heterocycles. The lowest BCUT2D eigenvalue weighted by atomic mass is 9.64. The van der Waals surface area contributed by atoms with Crippen LogP contribution in [0.3, 0.4) is 0 Å². The fraction of sp³-hybridized carbons (Fsp3) is 0.375. The zero-order valence-electron chi connectivity index (χ0n) is 17.4.